The Morgan fingerprint density at radius 1 is 0.879 bits per heavy atom. The number of hydrogen-bond donors (Lipinski definition) is 0. The van der Waals surface area contributed by atoms with E-state index >= 15 is 0 Å². The fourth-order valence-corrected chi connectivity index (χ4v) is 6.90. The SMILES string of the molecule is CC1(C)C(=O)N(C2CC(N3C[C@H]4CC[C@@H](C4)C3)C2)c2cc(B3OC(C)(C)C(C)(C)O3)ccc21. The predicted molar refractivity (Wildman–Crippen MR) is 132 cm³/mol. The molecule has 2 saturated carbocycles. The second-order valence-electron chi connectivity index (χ2n) is 12.9. The Morgan fingerprint density at radius 3 is 2.09 bits per heavy atom. The zero-order valence-electron chi connectivity index (χ0n) is 21.2. The van der Waals surface area contributed by atoms with Crippen LogP contribution in [-0.2, 0) is 19.5 Å². The average molecular weight is 450 g/mol. The molecular weight excluding hydrogens is 411 g/mol. The van der Waals surface area contributed by atoms with E-state index in [9.17, 15) is 4.79 Å². The monoisotopic (exact) mass is 450 g/mol. The molecule has 1 aromatic rings. The van der Waals surface area contributed by atoms with E-state index in [4.69, 9.17) is 9.31 Å². The van der Waals surface area contributed by atoms with Gasteiger partial charge in [0, 0.05) is 30.9 Å². The summed E-state index contributed by atoms with van der Waals surface area (Å²) in [5, 5.41) is 0. The third-order valence-electron chi connectivity index (χ3n) is 9.84. The van der Waals surface area contributed by atoms with Gasteiger partial charge in [0.15, 0.2) is 0 Å². The van der Waals surface area contributed by atoms with Gasteiger partial charge >= 0.3 is 7.12 Å². The molecule has 2 bridgehead atoms. The zero-order chi connectivity index (χ0) is 23.3. The quantitative estimate of drug-likeness (QED) is 0.656. The first-order valence-electron chi connectivity index (χ1n) is 13.0. The molecule has 2 aliphatic carbocycles. The van der Waals surface area contributed by atoms with E-state index in [0.29, 0.717) is 12.1 Å². The maximum atomic E-state index is 13.6. The van der Waals surface area contributed by atoms with Crippen molar-refractivity contribution in [2.75, 3.05) is 18.0 Å². The molecule has 0 aromatic heterocycles. The minimum atomic E-state index is -0.487. The Bertz CT molecular complexity index is 956. The minimum absolute atomic E-state index is 0.241. The molecule has 5 nitrogen and oxygen atoms in total. The van der Waals surface area contributed by atoms with Gasteiger partial charge in [-0.05, 0) is 103 Å². The number of anilines is 1. The van der Waals surface area contributed by atoms with E-state index in [-0.39, 0.29) is 17.1 Å². The third kappa shape index (κ3) is 3.27. The van der Waals surface area contributed by atoms with E-state index in [2.05, 4.69) is 69.5 Å². The van der Waals surface area contributed by atoms with Crippen LogP contribution in [0, 0.1) is 11.8 Å². The molecule has 2 atom stereocenters. The first kappa shape index (κ1) is 22.1. The molecule has 6 rings (SSSR count). The lowest BCUT2D eigenvalue weighted by atomic mass is 9.76. The number of hydrogen-bond acceptors (Lipinski definition) is 4. The van der Waals surface area contributed by atoms with Crippen molar-refractivity contribution < 1.29 is 14.1 Å². The van der Waals surface area contributed by atoms with E-state index in [0.717, 1.165) is 41.4 Å². The summed E-state index contributed by atoms with van der Waals surface area (Å²) in [6.45, 7) is 15.0. The van der Waals surface area contributed by atoms with Crippen LogP contribution in [0.5, 0.6) is 0 Å². The van der Waals surface area contributed by atoms with E-state index < -0.39 is 12.5 Å². The molecule has 6 heteroatoms. The van der Waals surface area contributed by atoms with Gasteiger partial charge in [-0.15, -0.1) is 0 Å². The second kappa shape index (κ2) is 7.08. The van der Waals surface area contributed by atoms with E-state index in [1.165, 1.54) is 32.4 Å². The van der Waals surface area contributed by atoms with Crippen molar-refractivity contribution in [3.05, 3.63) is 23.8 Å². The number of rotatable bonds is 3. The molecular formula is C27H39BN2O3. The maximum Gasteiger partial charge on any atom is 0.494 e. The van der Waals surface area contributed by atoms with Crippen molar-refractivity contribution in [2.45, 2.75) is 102 Å². The smallest absolute Gasteiger partial charge is 0.399 e. The van der Waals surface area contributed by atoms with Crippen molar-refractivity contribution in [3.63, 3.8) is 0 Å². The van der Waals surface area contributed by atoms with Gasteiger partial charge in [-0.3, -0.25) is 9.69 Å². The number of likely N-dealkylation sites (tertiary alicyclic amines) is 1. The maximum absolute atomic E-state index is 13.6. The van der Waals surface area contributed by atoms with Crippen LogP contribution in [0.2, 0.25) is 0 Å². The highest BCUT2D eigenvalue weighted by Gasteiger charge is 2.54. The molecule has 2 saturated heterocycles. The molecule has 4 fully saturated rings. The van der Waals surface area contributed by atoms with Gasteiger partial charge in [-0.1, -0.05) is 12.1 Å². The fourth-order valence-electron chi connectivity index (χ4n) is 6.90. The van der Waals surface area contributed by atoms with Gasteiger partial charge in [0.05, 0.1) is 16.6 Å². The predicted octanol–water partition coefficient (Wildman–Crippen LogP) is 3.87. The Hall–Kier alpha value is -1.37. The molecule has 3 aliphatic heterocycles. The highest BCUT2D eigenvalue weighted by molar-refractivity contribution is 6.62. The van der Waals surface area contributed by atoms with Crippen molar-refractivity contribution >= 4 is 24.2 Å². The number of carbonyl (C=O) groups excluding carboxylic acids is 1. The van der Waals surface area contributed by atoms with Gasteiger partial charge in [0.25, 0.3) is 0 Å². The largest absolute Gasteiger partial charge is 0.494 e. The summed E-state index contributed by atoms with van der Waals surface area (Å²) in [5.74, 6) is 2.07. The highest BCUT2D eigenvalue weighted by atomic mass is 16.7. The first-order chi connectivity index (χ1) is 15.5. The van der Waals surface area contributed by atoms with Gasteiger partial charge < -0.3 is 14.2 Å². The van der Waals surface area contributed by atoms with E-state index in [1.54, 1.807) is 0 Å². The molecule has 33 heavy (non-hydrogen) atoms. The standard InChI is InChI=1S/C27H39BN2O3/c1-25(2)22-10-9-19(28-32-26(3,4)27(5,6)33-28)12-23(22)30(24(25)31)21-13-20(14-21)29-15-17-7-8-18(11-17)16-29/h9-10,12,17-18,20-21H,7-8,11,13-16H2,1-6H3/t17-,18-,20?,21?/m0/s1. The number of amides is 1. The molecule has 3 heterocycles. The summed E-state index contributed by atoms with van der Waals surface area (Å²) in [5.41, 5.74) is 1.97. The lowest BCUT2D eigenvalue weighted by Gasteiger charge is -2.49. The number of carbonyl (C=O) groups is 1. The molecule has 1 aromatic carbocycles. The third-order valence-corrected chi connectivity index (χ3v) is 9.84. The molecule has 0 radical (unpaired) electrons. The van der Waals surface area contributed by atoms with Crippen LogP contribution in [0.3, 0.4) is 0 Å². The van der Waals surface area contributed by atoms with Gasteiger partial charge in [0.1, 0.15) is 0 Å². The van der Waals surface area contributed by atoms with Gasteiger partial charge in [0.2, 0.25) is 5.91 Å². The lowest BCUT2D eigenvalue weighted by Crippen LogP contribution is -2.58. The fraction of sp³-hybridized carbons (Fsp3) is 0.741. The Kier molecular flexibility index (Phi) is 4.75. The van der Waals surface area contributed by atoms with Crippen LogP contribution in [0.1, 0.15) is 79.2 Å². The molecule has 5 aliphatic rings. The minimum Gasteiger partial charge on any atom is -0.399 e. The first-order valence-corrected chi connectivity index (χ1v) is 13.0. The van der Waals surface area contributed by atoms with Crippen molar-refractivity contribution in [1.82, 2.24) is 4.90 Å². The van der Waals surface area contributed by atoms with Crippen LogP contribution in [0.15, 0.2) is 18.2 Å². The molecule has 0 N–H and O–H groups in total. The molecule has 0 spiro atoms. The highest BCUT2D eigenvalue weighted by Crippen LogP contribution is 2.47. The number of benzene rings is 1. The van der Waals surface area contributed by atoms with Crippen LogP contribution < -0.4 is 10.4 Å². The summed E-state index contributed by atoms with van der Waals surface area (Å²) >= 11 is 0. The van der Waals surface area contributed by atoms with Gasteiger partial charge in [-0.2, -0.15) is 0 Å². The Balaban J connectivity index is 1.24. The Morgan fingerprint density at radius 2 is 1.48 bits per heavy atom. The molecule has 178 valence electrons. The number of piperidine rings is 1. The van der Waals surface area contributed by atoms with Crippen LogP contribution in [0.4, 0.5) is 5.69 Å². The van der Waals surface area contributed by atoms with Crippen molar-refractivity contribution in [2.24, 2.45) is 11.8 Å². The summed E-state index contributed by atoms with van der Waals surface area (Å²) in [7, 11) is -0.404. The topological polar surface area (TPSA) is 42.0 Å². The summed E-state index contributed by atoms with van der Waals surface area (Å²) in [4.78, 5) is 18.5. The van der Waals surface area contributed by atoms with E-state index in [1.807, 2.05) is 0 Å². The summed E-state index contributed by atoms with van der Waals surface area (Å²) in [6.07, 6.45) is 6.49. The second-order valence-corrected chi connectivity index (χ2v) is 12.9. The van der Waals surface area contributed by atoms with Crippen LogP contribution >= 0.6 is 0 Å². The average Bonchev–Trinajstić information content (AvgIpc) is 3.23. The molecule has 1 amide bonds. The van der Waals surface area contributed by atoms with Crippen molar-refractivity contribution in [1.29, 1.82) is 0 Å². The summed E-state index contributed by atoms with van der Waals surface area (Å²) < 4.78 is 12.6. The van der Waals surface area contributed by atoms with Crippen molar-refractivity contribution in [3.8, 4) is 0 Å². The normalized spacial score (nSPS) is 36.2. The van der Waals surface area contributed by atoms with Crippen LogP contribution in [-0.4, -0.2) is 54.3 Å². The zero-order valence-corrected chi connectivity index (χ0v) is 21.2. The molecule has 0 unspecified atom stereocenters. The number of nitrogens with zero attached hydrogens (tertiary/aromatic N) is 2. The van der Waals surface area contributed by atoms with Crippen LogP contribution in [0.25, 0.3) is 0 Å². The lowest BCUT2D eigenvalue weighted by molar-refractivity contribution is -0.123. The van der Waals surface area contributed by atoms with Gasteiger partial charge in [-0.25, -0.2) is 0 Å². The Labute approximate surface area is 199 Å². The number of fused-ring (bicyclic) bond motifs is 3. The summed E-state index contributed by atoms with van der Waals surface area (Å²) in [6, 6.07) is 7.33.